The van der Waals surface area contributed by atoms with Crippen LogP contribution < -0.4 is 10.6 Å². The minimum Gasteiger partial charge on any atom is -0.378 e. The lowest BCUT2D eigenvalue weighted by molar-refractivity contribution is -0.137. The van der Waals surface area contributed by atoms with Crippen LogP contribution in [0.4, 0.5) is 5.69 Å². The molecule has 0 aromatic heterocycles. The number of carbonyl (C=O) groups is 2. The van der Waals surface area contributed by atoms with Crippen LogP contribution in [0.1, 0.15) is 11.1 Å². The van der Waals surface area contributed by atoms with Gasteiger partial charge in [-0.1, -0.05) is 18.2 Å². The molecule has 1 aliphatic heterocycles. The summed E-state index contributed by atoms with van der Waals surface area (Å²) in [5, 5.41) is 5.98. The van der Waals surface area contributed by atoms with Gasteiger partial charge in [0.25, 0.3) is 0 Å². The molecule has 7 heteroatoms. The van der Waals surface area contributed by atoms with Gasteiger partial charge in [-0.25, -0.2) is 0 Å². The molecular formula is C16H24ClN3O3. The average molecular weight is 342 g/mol. The number of benzene rings is 1. The summed E-state index contributed by atoms with van der Waals surface area (Å²) in [4.78, 5) is 25.8. The summed E-state index contributed by atoms with van der Waals surface area (Å²) in [5.41, 5.74) is 2.82. The number of nitrogens with zero attached hydrogens (tertiary/aromatic N) is 1. The molecule has 2 N–H and O–H groups in total. The van der Waals surface area contributed by atoms with Gasteiger partial charge < -0.3 is 20.3 Å². The standard InChI is InChI=1S/C16H23N3O3.ClH/c1-11-5-4-6-12(2)15(11)18-14(20)9-19(3)16(21)13-10-22-8-7-17-13;/h4-6,13,17H,7-10H2,1-3H3,(H,18,20);1H. The maximum Gasteiger partial charge on any atom is 0.243 e. The Bertz CT molecular complexity index is 539. The number of anilines is 1. The van der Waals surface area contributed by atoms with Gasteiger partial charge in [0.1, 0.15) is 6.04 Å². The molecular weight excluding hydrogens is 318 g/mol. The third-order valence-electron chi connectivity index (χ3n) is 3.72. The fourth-order valence-corrected chi connectivity index (χ4v) is 2.47. The van der Waals surface area contributed by atoms with Gasteiger partial charge >= 0.3 is 0 Å². The second kappa shape index (κ2) is 8.86. The summed E-state index contributed by atoms with van der Waals surface area (Å²) < 4.78 is 5.27. The highest BCUT2D eigenvalue weighted by atomic mass is 35.5. The lowest BCUT2D eigenvalue weighted by Gasteiger charge is -2.27. The molecule has 1 heterocycles. The molecule has 1 unspecified atom stereocenters. The Morgan fingerprint density at radius 2 is 2.00 bits per heavy atom. The molecule has 1 atom stereocenters. The minimum absolute atomic E-state index is 0. The van der Waals surface area contributed by atoms with E-state index in [1.165, 1.54) is 4.90 Å². The molecule has 0 radical (unpaired) electrons. The lowest BCUT2D eigenvalue weighted by Crippen LogP contribution is -2.52. The number of hydrogen-bond donors (Lipinski definition) is 2. The van der Waals surface area contributed by atoms with Crippen molar-refractivity contribution in [3.05, 3.63) is 29.3 Å². The Balaban J connectivity index is 0.00000264. The second-order valence-electron chi connectivity index (χ2n) is 5.59. The molecule has 1 aliphatic rings. The molecule has 1 aromatic rings. The van der Waals surface area contributed by atoms with Crippen molar-refractivity contribution < 1.29 is 14.3 Å². The molecule has 6 nitrogen and oxygen atoms in total. The van der Waals surface area contributed by atoms with Crippen molar-refractivity contribution >= 4 is 29.9 Å². The molecule has 0 bridgehead atoms. The van der Waals surface area contributed by atoms with Gasteiger partial charge in [-0.3, -0.25) is 9.59 Å². The zero-order valence-corrected chi connectivity index (χ0v) is 14.5. The summed E-state index contributed by atoms with van der Waals surface area (Å²) in [6, 6.07) is 5.47. The third kappa shape index (κ3) is 5.20. The Labute approximate surface area is 143 Å². The Morgan fingerprint density at radius 3 is 2.57 bits per heavy atom. The van der Waals surface area contributed by atoms with Gasteiger partial charge in [-0.05, 0) is 25.0 Å². The zero-order chi connectivity index (χ0) is 16.1. The van der Waals surface area contributed by atoms with Crippen LogP contribution in [0.5, 0.6) is 0 Å². The number of morpholine rings is 1. The maximum absolute atomic E-state index is 12.2. The van der Waals surface area contributed by atoms with E-state index in [0.717, 1.165) is 16.8 Å². The fraction of sp³-hybridized carbons (Fsp3) is 0.500. The number of ether oxygens (including phenoxy) is 1. The number of para-hydroxylation sites is 1. The van der Waals surface area contributed by atoms with Gasteiger partial charge in [-0.2, -0.15) is 0 Å². The third-order valence-corrected chi connectivity index (χ3v) is 3.72. The first-order valence-corrected chi connectivity index (χ1v) is 7.41. The molecule has 0 spiro atoms. The van der Waals surface area contributed by atoms with Crippen LogP contribution in [0.3, 0.4) is 0 Å². The molecule has 0 saturated carbocycles. The van der Waals surface area contributed by atoms with Crippen LogP contribution in [0.15, 0.2) is 18.2 Å². The largest absolute Gasteiger partial charge is 0.378 e. The maximum atomic E-state index is 12.2. The second-order valence-corrected chi connectivity index (χ2v) is 5.59. The molecule has 1 saturated heterocycles. The molecule has 1 aromatic carbocycles. The first kappa shape index (κ1) is 19.4. The highest BCUT2D eigenvalue weighted by molar-refractivity contribution is 5.96. The van der Waals surface area contributed by atoms with E-state index in [1.807, 2.05) is 32.0 Å². The predicted molar refractivity (Wildman–Crippen MR) is 92.0 cm³/mol. The summed E-state index contributed by atoms with van der Waals surface area (Å²) in [7, 11) is 1.63. The Morgan fingerprint density at radius 1 is 1.35 bits per heavy atom. The predicted octanol–water partition coefficient (Wildman–Crippen LogP) is 1.11. The van der Waals surface area contributed by atoms with Crippen molar-refractivity contribution in [2.24, 2.45) is 0 Å². The van der Waals surface area contributed by atoms with Crippen molar-refractivity contribution in [3.8, 4) is 0 Å². The van der Waals surface area contributed by atoms with E-state index in [1.54, 1.807) is 7.05 Å². The van der Waals surface area contributed by atoms with Crippen molar-refractivity contribution in [2.75, 3.05) is 38.7 Å². The lowest BCUT2D eigenvalue weighted by atomic mass is 10.1. The van der Waals surface area contributed by atoms with E-state index in [2.05, 4.69) is 10.6 Å². The SMILES string of the molecule is Cc1cccc(C)c1NC(=O)CN(C)C(=O)C1COCCN1.Cl. The molecule has 0 aliphatic carbocycles. The van der Waals surface area contributed by atoms with Crippen molar-refractivity contribution in [1.82, 2.24) is 10.2 Å². The van der Waals surface area contributed by atoms with E-state index in [-0.39, 0.29) is 36.8 Å². The molecule has 2 rings (SSSR count). The summed E-state index contributed by atoms with van der Waals surface area (Å²) >= 11 is 0. The number of rotatable bonds is 4. The van der Waals surface area contributed by atoms with Crippen LogP contribution in [-0.4, -0.2) is 56.1 Å². The average Bonchev–Trinajstić information content (AvgIpc) is 2.51. The topological polar surface area (TPSA) is 70.7 Å². The van der Waals surface area contributed by atoms with Crippen LogP contribution >= 0.6 is 12.4 Å². The van der Waals surface area contributed by atoms with E-state index in [4.69, 9.17) is 4.74 Å². The van der Waals surface area contributed by atoms with Gasteiger partial charge in [0.15, 0.2) is 0 Å². The Hall–Kier alpha value is -1.63. The van der Waals surface area contributed by atoms with E-state index >= 15 is 0 Å². The monoisotopic (exact) mass is 341 g/mol. The van der Waals surface area contributed by atoms with E-state index in [9.17, 15) is 9.59 Å². The highest BCUT2D eigenvalue weighted by Gasteiger charge is 2.25. The fourth-order valence-electron chi connectivity index (χ4n) is 2.47. The van der Waals surface area contributed by atoms with Crippen molar-refractivity contribution in [1.29, 1.82) is 0 Å². The number of nitrogens with one attached hydrogen (secondary N) is 2. The van der Waals surface area contributed by atoms with E-state index < -0.39 is 0 Å². The number of amides is 2. The van der Waals surface area contributed by atoms with Crippen LogP contribution in [0.2, 0.25) is 0 Å². The van der Waals surface area contributed by atoms with Crippen LogP contribution in [0.25, 0.3) is 0 Å². The van der Waals surface area contributed by atoms with Crippen molar-refractivity contribution in [2.45, 2.75) is 19.9 Å². The van der Waals surface area contributed by atoms with Gasteiger partial charge in [0.2, 0.25) is 11.8 Å². The van der Waals surface area contributed by atoms with Crippen molar-refractivity contribution in [3.63, 3.8) is 0 Å². The molecule has 2 amide bonds. The normalized spacial score (nSPS) is 17.1. The first-order valence-electron chi connectivity index (χ1n) is 7.41. The smallest absolute Gasteiger partial charge is 0.243 e. The number of likely N-dealkylation sites (N-methyl/N-ethyl adjacent to an activating group) is 1. The minimum atomic E-state index is -0.369. The first-order chi connectivity index (χ1) is 10.5. The molecule has 128 valence electrons. The molecule has 1 fully saturated rings. The summed E-state index contributed by atoms with van der Waals surface area (Å²) in [5.74, 6) is -0.332. The Kier molecular flexibility index (Phi) is 7.48. The van der Waals surface area contributed by atoms with Gasteiger partial charge in [0.05, 0.1) is 19.8 Å². The number of carbonyl (C=O) groups excluding carboxylic acids is 2. The van der Waals surface area contributed by atoms with Crippen LogP contribution in [-0.2, 0) is 14.3 Å². The number of aryl methyl sites for hydroxylation is 2. The zero-order valence-electron chi connectivity index (χ0n) is 13.7. The van der Waals surface area contributed by atoms with Gasteiger partial charge in [-0.15, -0.1) is 12.4 Å². The molecule has 23 heavy (non-hydrogen) atoms. The summed E-state index contributed by atoms with van der Waals surface area (Å²) in [6.07, 6.45) is 0. The number of halogens is 1. The van der Waals surface area contributed by atoms with E-state index in [0.29, 0.717) is 19.8 Å². The summed E-state index contributed by atoms with van der Waals surface area (Å²) in [6.45, 7) is 5.52. The highest BCUT2D eigenvalue weighted by Crippen LogP contribution is 2.19. The van der Waals surface area contributed by atoms with Gasteiger partial charge in [0, 0.05) is 19.3 Å². The quantitative estimate of drug-likeness (QED) is 0.860. The van der Waals surface area contributed by atoms with Crippen LogP contribution in [0, 0.1) is 13.8 Å². The number of hydrogen-bond acceptors (Lipinski definition) is 4.